The zero-order valence-electron chi connectivity index (χ0n) is 14.1. The van der Waals surface area contributed by atoms with E-state index in [-0.39, 0.29) is 12.2 Å². The second-order valence-corrected chi connectivity index (χ2v) is 8.13. The van der Waals surface area contributed by atoms with Crippen LogP contribution in [0, 0.1) is 3.57 Å². The molecule has 0 aliphatic heterocycles. The van der Waals surface area contributed by atoms with Crippen LogP contribution in [-0.4, -0.2) is 28.5 Å². The molecule has 0 spiro atoms. The molecule has 0 radical (unpaired) electrons. The van der Waals surface area contributed by atoms with E-state index in [1.54, 1.807) is 22.9 Å². The van der Waals surface area contributed by atoms with Gasteiger partial charge in [0.2, 0.25) is 5.65 Å². The minimum Gasteiger partial charge on any atom is -0.443 e. The van der Waals surface area contributed by atoms with Crippen molar-refractivity contribution < 1.29 is 14.3 Å². The summed E-state index contributed by atoms with van der Waals surface area (Å²) >= 11 is 7.81. The van der Waals surface area contributed by atoms with Crippen molar-refractivity contribution in [1.82, 2.24) is 4.57 Å². The monoisotopic (exact) mass is 492 g/mol. The van der Waals surface area contributed by atoms with E-state index >= 15 is 0 Å². The fraction of sp³-hybridized carbons (Fsp3) is 0.294. The molecular formula is C17H19ClIN2O3P. The minimum atomic E-state index is -0.606. The van der Waals surface area contributed by atoms with Crippen molar-refractivity contribution in [3.8, 4) is 0 Å². The predicted molar refractivity (Wildman–Crippen MR) is 114 cm³/mol. The Hall–Kier alpha value is -1.11. The first kappa shape index (κ1) is 20.2. The van der Waals surface area contributed by atoms with Crippen molar-refractivity contribution in [3.63, 3.8) is 0 Å². The SMILES string of the molecule is CC(C)(C)OC(=O)N(CC=CCl)c1ccc2c(ccn2C(=O)P)c1I. The molecule has 134 valence electrons. The van der Waals surface area contributed by atoms with Crippen molar-refractivity contribution in [2.75, 3.05) is 11.4 Å². The van der Waals surface area contributed by atoms with Crippen molar-refractivity contribution in [1.29, 1.82) is 0 Å². The number of fused-ring (bicyclic) bond motifs is 1. The second-order valence-electron chi connectivity index (χ2n) is 6.31. The summed E-state index contributed by atoms with van der Waals surface area (Å²) in [5, 5.41) is 0.886. The van der Waals surface area contributed by atoms with E-state index in [1.807, 2.05) is 32.9 Å². The summed E-state index contributed by atoms with van der Waals surface area (Å²) < 4.78 is 7.91. The molecule has 0 aliphatic rings. The van der Waals surface area contributed by atoms with Gasteiger partial charge in [-0.25, -0.2) is 4.79 Å². The third-order valence-electron chi connectivity index (χ3n) is 3.31. The highest BCUT2D eigenvalue weighted by molar-refractivity contribution is 14.1. The van der Waals surface area contributed by atoms with Gasteiger partial charge in [0.1, 0.15) is 5.60 Å². The van der Waals surface area contributed by atoms with E-state index < -0.39 is 11.7 Å². The molecular weight excluding hydrogens is 474 g/mol. The van der Waals surface area contributed by atoms with Gasteiger partial charge in [0, 0.05) is 27.2 Å². The molecule has 1 aromatic heterocycles. The Labute approximate surface area is 167 Å². The number of anilines is 1. The van der Waals surface area contributed by atoms with Crippen LogP contribution in [0.1, 0.15) is 20.8 Å². The lowest BCUT2D eigenvalue weighted by atomic mass is 10.2. The van der Waals surface area contributed by atoms with Gasteiger partial charge in [-0.3, -0.25) is 14.3 Å². The fourth-order valence-corrected chi connectivity index (χ4v) is 3.54. The van der Waals surface area contributed by atoms with Crippen molar-refractivity contribution >= 4 is 71.8 Å². The largest absolute Gasteiger partial charge is 0.443 e. The summed E-state index contributed by atoms with van der Waals surface area (Å²) in [7, 11) is 2.16. The Morgan fingerprint density at radius 1 is 1.36 bits per heavy atom. The maximum Gasteiger partial charge on any atom is 0.415 e. The first-order valence-corrected chi connectivity index (χ1v) is 9.60. The standard InChI is InChI=1S/C17H19ClIN2O3P/c1-17(2,3)24-15(22)20(9-4-8-18)13-6-5-12-11(14(13)19)7-10-21(12)16(23)25/h4-8,10H,9,25H2,1-3H3. The van der Waals surface area contributed by atoms with Crippen LogP contribution >= 0.6 is 43.4 Å². The van der Waals surface area contributed by atoms with Crippen LogP contribution in [0.5, 0.6) is 0 Å². The summed E-state index contributed by atoms with van der Waals surface area (Å²) in [6, 6.07) is 5.48. The van der Waals surface area contributed by atoms with Gasteiger partial charge in [-0.15, -0.1) is 0 Å². The van der Waals surface area contributed by atoms with Gasteiger partial charge in [-0.1, -0.05) is 17.7 Å². The Balaban J connectivity index is 2.51. The number of amides is 1. The molecule has 25 heavy (non-hydrogen) atoms. The summed E-state index contributed by atoms with van der Waals surface area (Å²) in [5.74, 6) is 0. The maximum atomic E-state index is 12.6. The molecule has 1 unspecified atom stereocenters. The second kappa shape index (κ2) is 8.06. The Morgan fingerprint density at radius 3 is 2.60 bits per heavy atom. The molecule has 0 bridgehead atoms. The number of nitrogens with zero attached hydrogens (tertiary/aromatic N) is 2. The Bertz CT molecular complexity index is 842. The first-order valence-electron chi connectivity index (χ1n) is 7.51. The smallest absolute Gasteiger partial charge is 0.415 e. The molecule has 1 amide bonds. The molecule has 2 aromatic rings. The van der Waals surface area contributed by atoms with Crippen LogP contribution < -0.4 is 4.90 Å². The van der Waals surface area contributed by atoms with Gasteiger partial charge < -0.3 is 4.74 Å². The van der Waals surface area contributed by atoms with Gasteiger partial charge in [-0.2, -0.15) is 0 Å². The topological polar surface area (TPSA) is 51.5 Å². The van der Waals surface area contributed by atoms with Gasteiger partial charge in [0.15, 0.2) is 0 Å². The zero-order chi connectivity index (χ0) is 18.8. The normalized spacial score (nSPS) is 11.9. The van der Waals surface area contributed by atoms with Gasteiger partial charge in [-0.05, 0) is 70.8 Å². The van der Waals surface area contributed by atoms with Gasteiger partial charge >= 0.3 is 6.09 Å². The molecule has 0 fully saturated rings. The van der Waals surface area contributed by atoms with Crippen LogP contribution in [0.2, 0.25) is 0 Å². The van der Waals surface area contributed by atoms with E-state index in [4.69, 9.17) is 16.3 Å². The fourth-order valence-electron chi connectivity index (χ4n) is 2.30. The molecule has 0 saturated carbocycles. The highest BCUT2D eigenvalue weighted by Crippen LogP contribution is 2.32. The lowest BCUT2D eigenvalue weighted by Gasteiger charge is -2.27. The van der Waals surface area contributed by atoms with Gasteiger partial charge in [0.05, 0.1) is 11.2 Å². The molecule has 0 aliphatic carbocycles. The Morgan fingerprint density at radius 2 is 2.04 bits per heavy atom. The van der Waals surface area contributed by atoms with Crippen molar-refractivity contribution in [2.24, 2.45) is 0 Å². The number of ether oxygens (including phenoxy) is 1. The predicted octanol–water partition coefficient (Wildman–Crippen LogP) is 5.58. The molecule has 0 saturated heterocycles. The van der Waals surface area contributed by atoms with Gasteiger partial charge in [0.25, 0.3) is 0 Å². The first-order chi connectivity index (χ1) is 11.7. The number of carbonyl (C=O) groups is 2. The van der Waals surface area contributed by atoms with Crippen LogP contribution in [-0.2, 0) is 4.74 Å². The number of hydrogen-bond donors (Lipinski definition) is 0. The van der Waals surface area contributed by atoms with Crippen LogP contribution in [0.15, 0.2) is 36.0 Å². The highest BCUT2D eigenvalue weighted by Gasteiger charge is 2.25. The molecule has 0 N–H and O–H groups in total. The number of aromatic nitrogens is 1. The summed E-state index contributed by atoms with van der Waals surface area (Å²) in [4.78, 5) is 25.8. The van der Waals surface area contributed by atoms with Crippen LogP contribution in [0.25, 0.3) is 10.9 Å². The summed E-state index contributed by atoms with van der Waals surface area (Å²) in [5.41, 5.74) is 2.10. The van der Waals surface area contributed by atoms with E-state index in [9.17, 15) is 9.59 Å². The zero-order valence-corrected chi connectivity index (χ0v) is 18.2. The van der Waals surface area contributed by atoms with Crippen LogP contribution in [0.4, 0.5) is 15.3 Å². The Kier molecular flexibility index (Phi) is 6.51. The molecule has 2 rings (SSSR count). The molecule has 8 heteroatoms. The van der Waals surface area contributed by atoms with E-state index in [1.165, 1.54) is 10.4 Å². The molecule has 1 atom stereocenters. The summed E-state index contributed by atoms with van der Waals surface area (Å²) in [6.45, 7) is 5.74. The van der Waals surface area contributed by atoms with E-state index in [0.29, 0.717) is 5.69 Å². The third kappa shape index (κ3) is 4.74. The number of hydrogen-bond acceptors (Lipinski definition) is 3. The maximum absolute atomic E-state index is 12.6. The molecule has 5 nitrogen and oxygen atoms in total. The van der Waals surface area contributed by atoms with E-state index in [0.717, 1.165) is 14.5 Å². The van der Waals surface area contributed by atoms with Crippen LogP contribution in [0.3, 0.4) is 0 Å². The number of halogens is 2. The quantitative estimate of drug-likeness (QED) is 0.415. The summed E-state index contributed by atoms with van der Waals surface area (Å²) in [6.07, 6.45) is 2.92. The minimum absolute atomic E-state index is 0.146. The number of rotatable bonds is 3. The molecule has 1 aromatic carbocycles. The molecule has 1 heterocycles. The average Bonchev–Trinajstić information content (AvgIpc) is 2.92. The number of carbonyl (C=O) groups excluding carboxylic acids is 2. The average molecular weight is 493 g/mol. The highest BCUT2D eigenvalue weighted by atomic mass is 127. The van der Waals surface area contributed by atoms with Crippen molar-refractivity contribution in [3.05, 3.63) is 39.6 Å². The lowest BCUT2D eigenvalue weighted by Crippen LogP contribution is -2.37. The van der Waals surface area contributed by atoms with Crippen molar-refractivity contribution in [2.45, 2.75) is 26.4 Å². The lowest BCUT2D eigenvalue weighted by molar-refractivity contribution is 0.0584. The number of benzene rings is 1. The third-order valence-corrected chi connectivity index (χ3v) is 4.90. The van der Waals surface area contributed by atoms with E-state index in [2.05, 4.69) is 31.8 Å².